The number of benzene rings is 1. The van der Waals surface area contributed by atoms with Crippen LogP contribution in [0.25, 0.3) is 6.08 Å². The molecule has 0 saturated heterocycles. The van der Waals surface area contributed by atoms with Crippen molar-refractivity contribution in [2.45, 2.75) is 59.8 Å². The largest absolute Gasteiger partial charge is 0.508 e. The van der Waals surface area contributed by atoms with Crippen LogP contribution in [0.15, 0.2) is 17.7 Å². The third-order valence-corrected chi connectivity index (χ3v) is 6.93. The molecule has 2 saturated carbocycles. The second-order valence-electron chi connectivity index (χ2n) is 8.98. The standard InChI is InChI=1S/C22H32O3/c1-14-7-8-19-21(2,3)9-6-10-22(19,4)17(14)12-15-11-16(23)13-18(25-5)20(15)24/h11-14,19,23-24H,6-10H2,1-5H3/b17-12+/t14-,19-,22+/m0/s1. The van der Waals surface area contributed by atoms with E-state index in [9.17, 15) is 10.2 Å². The van der Waals surface area contributed by atoms with Crippen LogP contribution in [-0.2, 0) is 0 Å². The zero-order valence-electron chi connectivity index (χ0n) is 16.2. The van der Waals surface area contributed by atoms with Gasteiger partial charge in [0.25, 0.3) is 0 Å². The van der Waals surface area contributed by atoms with Crippen molar-refractivity contribution in [2.24, 2.45) is 22.7 Å². The Morgan fingerprint density at radius 1 is 1.12 bits per heavy atom. The molecule has 0 spiro atoms. The highest BCUT2D eigenvalue weighted by atomic mass is 16.5. The van der Waals surface area contributed by atoms with E-state index in [1.54, 1.807) is 6.07 Å². The fourth-order valence-corrected chi connectivity index (χ4v) is 5.67. The summed E-state index contributed by atoms with van der Waals surface area (Å²) in [6, 6.07) is 3.09. The second kappa shape index (κ2) is 6.26. The van der Waals surface area contributed by atoms with Gasteiger partial charge in [0.1, 0.15) is 5.75 Å². The van der Waals surface area contributed by atoms with Gasteiger partial charge >= 0.3 is 0 Å². The smallest absolute Gasteiger partial charge is 0.165 e. The summed E-state index contributed by atoms with van der Waals surface area (Å²) in [5.41, 5.74) is 2.58. The van der Waals surface area contributed by atoms with Crippen molar-refractivity contribution in [1.29, 1.82) is 0 Å². The molecule has 1 aromatic rings. The van der Waals surface area contributed by atoms with Crippen molar-refractivity contribution in [2.75, 3.05) is 7.11 Å². The molecule has 138 valence electrons. The summed E-state index contributed by atoms with van der Waals surface area (Å²) < 4.78 is 5.21. The molecule has 2 N–H and O–H groups in total. The topological polar surface area (TPSA) is 49.7 Å². The fourth-order valence-electron chi connectivity index (χ4n) is 5.67. The molecule has 0 unspecified atom stereocenters. The summed E-state index contributed by atoms with van der Waals surface area (Å²) in [6.07, 6.45) is 8.33. The predicted molar refractivity (Wildman–Crippen MR) is 102 cm³/mol. The zero-order chi connectivity index (χ0) is 18.4. The third-order valence-electron chi connectivity index (χ3n) is 6.93. The number of ether oxygens (including phenoxy) is 1. The number of allylic oxidation sites excluding steroid dienone is 1. The van der Waals surface area contributed by atoms with Crippen LogP contribution in [0.1, 0.15) is 65.4 Å². The highest BCUT2D eigenvalue weighted by Crippen LogP contribution is 2.61. The average Bonchev–Trinajstić information content (AvgIpc) is 2.52. The van der Waals surface area contributed by atoms with Crippen LogP contribution >= 0.6 is 0 Å². The van der Waals surface area contributed by atoms with Gasteiger partial charge in [-0.25, -0.2) is 0 Å². The first kappa shape index (κ1) is 18.2. The van der Waals surface area contributed by atoms with Crippen molar-refractivity contribution in [3.8, 4) is 17.2 Å². The van der Waals surface area contributed by atoms with E-state index in [0.29, 0.717) is 28.6 Å². The highest BCUT2D eigenvalue weighted by molar-refractivity contribution is 5.67. The van der Waals surface area contributed by atoms with Gasteiger partial charge in [-0.15, -0.1) is 0 Å². The van der Waals surface area contributed by atoms with Crippen molar-refractivity contribution in [1.82, 2.24) is 0 Å². The maximum atomic E-state index is 10.5. The Morgan fingerprint density at radius 2 is 1.84 bits per heavy atom. The maximum absolute atomic E-state index is 10.5. The Morgan fingerprint density at radius 3 is 2.52 bits per heavy atom. The molecule has 25 heavy (non-hydrogen) atoms. The van der Waals surface area contributed by atoms with E-state index < -0.39 is 0 Å². The van der Waals surface area contributed by atoms with E-state index in [0.717, 1.165) is 0 Å². The van der Waals surface area contributed by atoms with E-state index in [-0.39, 0.29) is 16.9 Å². The summed E-state index contributed by atoms with van der Waals surface area (Å²) in [7, 11) is 1.51. The third kappa shape index (κ3) is 3.02. The summed E-state index contributed by atoms with van der Waals surface area (Å²) in [5.74, 6) is 1.71. The molecule has 0 heterocycles. The van der Waals surface area contributed by atoms with E-state index in [4.69, 9.17) is 4.74 Å². The van der Waals surface area contributed by atoms with Gasteiger partial charge in [0.05, 0.1) is 7.11 Å². The minimum atomic E-state index is 0.112. The fraction of sp³-hybridized carbons (Fsp3) is 0.636. The molecule has 0 bridgehead atoms. The van der Waals surface area contributed by atoms with Crippen LogP contribution in [0.5, 0.6) is 17.2 Å². The van der Waals surface area contributed by atoms with Gasteiger partial charge in [-0.1, -0.05) is 45.8 Å². The second-order valence-corrected chi connectivity index (χ2v) is 8.98. The molecule has 2 aliphatic rings. The Bertz CT molecular complexity index is 689. The number of hydrogen-bond donors (Lipinski definition) is 2. The lowest BCUT2D eigenvalue weighted by atomic mass is 9.48. The molecule has 3 atom stereocenters. The van der Waals surface area contributed by atoms with Crippen LogP contribution in [0.2, 0.25) is 0 Å². The lowest BCUT2D eigenvalue weighted by Gasteiger charge is -2.56. The molecule has 3 rings (SSSR count). The molecule has 2 fully saturated rings. The molecule has 3 nitrogen and oxygen atoms in total. The van der Waals surface area contributed by atoms with Crippen molar-refractivity contribution in [3.05, 3.63) is 23.3 Å². The molecule has 3 heteroatoms. The van der Waals surface area contributed by atoms with Crippen LogP contribution in [-0.4, -0.2) is 17.3 Å². The first-order valence-electron chi connectivity index (χ1n) is 9.51. The summed E-state index contributed by atoms with van der Waals surface area (Å²) in [5, 5.41) is 20.5. The van der Waals surface area contributed by atoms with E-state index in [2.05, 4.69) is 33.8 Å². The molecular formula is C22H32O3. The van der Waals surface area contributed by atoms with Crippen LogP contribution in [0.4, 0.5) is 0 Å². The van der Waals surface area contributed by atoms with Gasteiger partial charge in [0.15, 0.2) is 11.5 Å². The molecule has 0 amide bonds. The lowest BCUT2D eigenvalue weighted by Crippen LogP contribution is -2.47. The maximum Gasteiger partial charge on any atom is 0.165 e. The van der Waals surface area contributed by atoms with Crippen molar-refractivity contribution < 1.29 is 14.9 Å². The number of hydrogen-bond acceptors (Lipinski definition) is 3. The van der Waals surface area contributed by atoms with E-state index >= 15 is 0 Å². The van der Waals surface area contributed by atoms with E-state index in [1.165, 1.54) is 50.9 Å². The normalized spacial score (nSPS) is 33.1. The SMILES string of the molecule is COc1cc(O)cc(/C=C2\[C@@H](C)CC[C@H]3C(C)(C)CCC[C@]23C)c1O. The number of phenolic OH excluding ortho intramolecular Hbond substituents is 2. The molecule has 0 aliphatic heterocycles. The first-order valence-corrected chi connectivity index (χ1v) is 9.51. The van der Waals surface area contributed by atoms with Crippen LogP contribution < -0.4 is 4.74 Å². The van der Waals surface area contributed by atoms with Crippen molar-refractivity contribution in [3.63, 3.8) is 0 Å². The lowest BCUT2D eigenvalue weighted by molar-refractivity contribution is -0.00535. The molecular weight excluding hydrogens is 312 g/mol. The van der Waals surface area contributed by atoms with Gasteiger partial charge in [-0.2, -0.15) is 0 Å². The number of rotatable bonds is 2. The zero-order valence-corrected chi connectivity index (χ0v) is 16.2. The van der Waals surface area contributed by atoms with Gasteiger partial charge in [-0.3, -0.25) is 0 Å². The number of methoxy groups -OCH3 is 1. The predicted octanol–water partition coefficient (Wildman–Crippen LogP) is 5.75. The Kier molecular flexibility index (Phi) is 4.55. The summed E-state index contributed by atoms with van der Waals surface area (Å²) in [4.78, 5) is 0. The molecule has 2 aliphatic carbocycles. The van der Waals surface area contributed by atoms with Gasteiger partial charge in [-0.05, 0) is 54.4 Å². The Labute approximate surface area is 151 Å². The van der Waals surface area contributed by atoms with Gasteiger partial charge in [0.2, 0.25) is 0 Å². The monoisotopic (exact) mass is 344 g/mol. The summed E-state index contributed by atoms with van der Waals surface area (Å²) in [6.45, 7) is 9.54. The summed E-state index contributed by atoms with van der Waals surface area (Å²) >= 11 is 0. The van der Waals surface area contributed by atoms with E-state index in [1.807, 2.05) is 0 Å². The van der Waals surface area contributed by atoms with Crippen LogP contribution in [0.3, 0.4) is 0 Å². The minimum absolute atomic E-state index is 0.112. The molecule has 0 aromatic heterocycles. The number of phenols is 2. The number of fused-ring (bicyclic) bond motifs is 1. The first-order chi connectivity index (χ1) is 11.7. The quantitative estimate of drug-likeness (QED) is 0.671. The van der Waals surface area contributed by atoms with Crippen molar-refractivity contribution >= 4 is 6.08 Å². The van der Waals surface area contributed by atoms with Gasteiger partial charge in [0, 0.05) is 11.6 Å². The van der Waals surface area contributed by atoms with Gasteiger partial charge < -0.3 is 14.9 Å². The Hall–Kier alpha value is -1.64. The minimum Gasteiger partial charge on any atom is -0.508 e. The molecule has 1 aromatic carbocycles. The highest BCUT2D eigenvalue weighted by Gasteiger charge is 2.51. The number of aromatic hydroxyl groups is 2. The molecule has 0 radical (unpaired) electrons. The van der Waals surface area contributed by atoms with Crippen LogP contribution in [0, 0.1) is 22.7 Å². The average molecular weight is 344 g/mol. The Balaban J connectivity index is 2.11.